The van der Waals surface area contributed by atoms with Gasteiger partial charge < -0.3 is 15.2 Å². The van der Waals surface area contributed by atoms with E-state index < -0.39 is 17.6 Å². The summed E-state index contributed by atoms with van der Waals surface area (Å²) in [6.07, 6.45) is -4.48. The van der Waals surface area contributed by atoms with Crippen LogP contribution < -0.4 is 15.6 Å². The van der Waals surface area contributed by atoms with E-state index in [-0.39, 0.29) is 34.2 Å². The fourth-order valence-corrected chi connectivity index (χ4v) is 2.33. The van der Waals surface area contributed by atoms with Gasteiger partial charge in [0.05, 0.1) is 5.56 Å². The number of hydrogen-bond donors (Lipinski definition) is 2. The molecular formula is C19H12BF3N2O3. The van der Waals surface area contributed by atoms with Crippen LogP contribution in [0, 0.1) is 0 Å². The third kappa shape index (κ3) is 4.62. The summed E-state index contributed by atoms with van der Waals surface area (Å²) >= 11 is 0. The van der Waals surface area contributed by atoms with Gasteiger partial charge in [0, 0.05) is 11.8 Å². The number of nitrogens with one attached hydrogen (secondary N) is 1. The second-order valence-electron chi connectivity index (χ2n) is 5.71. The molecule has 0 bridgehead atoms. The van der Waals surface area contributed by atoms with Gasteiger partial charge in [-0.3, -0.25) is 9.78 Å². The molecule has 0 atom stereocenters. The Hall–Kier alpha value is -3.49. The number of anilines is 1. The molecule has 0 aliphatic carbocycles. The number of pyridine rings is 1. The Balaban J connectivity index is 1.78. The maximum atomic E-state index is 12.8. The zero-order valence-corrected chi connectivity index (χ0v) is 14.2. The molecule has 1 amide bonds. The average Bonchev–Trinajstić information content (AvgIpc) is 2.63. The molecule has 0 spiro atoms. The van der Waals surface area contributed by atoms with Gasteiger partial charge in [-0.2, -0.15) is 13.2 Å². The summed E-state index contributed by atoms with van der Waals surface area (Å²) in [4.78, 5) is 16.0. The van der Waals surface area contributed by atoms with Crippen molar-refractivity contribution in [3.05, 3.63) is 71.9 Å². The number of amides is 1. The number of hydrogen-bond acceptors (Lipinski definition) is 4. The highest BCUT2D eigenvalue weighted by molar-refractivity contribution is 6.30. The lowest BCUT2D eigenvalue weighted by molar-refractivity contribution is -0.137. The summed E-state index contributed by atoms with van der Waals surface area (Å²) in [7, 11) is 5.51. The van der Waals surface area contributed by atoms with E-state index in [1.807, 2.05) is 0 Å². The molecule has 0 fully saturated rings. The minimum atomic E-state index is -4.48. The summed E-state index contributed by atoms with van der Waals surface area (Å²) in [5, 5.41) is 12.2. The third-order valence-electron chi connectivity index (χ3n) is 3.60. The van der Waals surface area contributed by atoms with Crippen LogP contribution in [0.2, 0.25) is 0 Å². The molecule has 1 aromatic heterocycles. The fourth-order valence-electron chi connectivity index (χ4n) is 2.33. The molecule has 9 heteroatoms. The van der Waals surface area contributed by atoms with E-state index in [4.69, 9.17) is 12.6 Å². The topological polar surface area (TPSA) is 71.5 Å². The lowest BCUT2D eigenvalue weighted by atomic mass is 10.0. The minimum absolute atomic E-state index is 0.00607. The summed E-state index contributed by atoms with van der Waals surface area (Å²) in [5.74, 6) is -0.848. The van der Waals surface area contributed by atoms with Crippen LogP contribution in [-0.4, -0.2) is 23.8 Å². The fraction of sp³-hybridized carbons (Fsp3) is 0.0526. The zero-order valence-electron chi connectivity index (χ0n) is 14.2. The van der Waals surface area contributed by atoms with E-state index in [1.54, 1.807) is 12.1 Å². The SMILES string of the molecule is [B]c1ccc(O)c(C(=O)Nc2cccc(Oc3cccc(C(F)(F)F)c3)c2)n1. The van der Waals surface area contributed by atoms with Gasteiger partial charge >= 0.3 is 6.18 Å². The van der Waals surface area contributed by atoms with Crippen molar-refractivity contribution in [2.24, 2.45) is 0 Å². The van der Waals surface area contributed by atoms with Crippen LogP contribution >= 0.6 is 0 Å². The Morgan fingerprint density at radius 3 is 2.43 bits per heavy atom. The molecule has 2 aromatic carbocycles. The first-order chi connectivity index (χ1) is 13.2. The Morgan fingerprint density at radius 2 is 1.71 bits per heavy atom. The Morgan fingerprint density at radius 1 is 1.04 bits per heavy atom. The molecule has 5 nitrogen and oxygen atoms in total. The molecule has 140 valence electrons. The van der Waals surface area contributed by atoms with Crippen LogP contribution in [0.25, 0.3) is 0 Å². The molecule has 3 aromatic rings. The monoisotopic (exact) mass is 384 g/mol. The molecule has 1 heterocycles. The van der Waals surface area contributed by atoms with Gasteiger partial charge in [-0.05, 0) is 48.1 Å². The van der Waals surface area contributed by atoms with E-state index >= 15 is 0 Å². The molecular weight excluding hydrogens is 372 g/mol. The first kappa shape index (κ1) is 19.3. The van der Waals surface area contributed by atoms with E-state index in [0.717, 1.165) is 12.1 Å². The lowest BCUT2D eigenvalue weighted by Crippen LogP contribution is -2.19. The molecule has 28 heavy (non-hydrogen) atoms. The zero-order chi connectivity index (χ0) is 20.3. The van der Waals surface area contributed by atoms with Crippen LogP contribution in [0.15, 0.2) is 60.7 Å². The van der Waals surface area contributed by atoms with Gasteiger partial charge in [0.2, 0.25) is 0 Å². The molecule has 0 aliphatic heterocycles. The number of halogens is 3. The summed E-state index contributed by atoms with van der Waals surface area (Å²) < 4.78 is 43.8. The quantitative estimate of drug-likeness (QED) is 0.674. The van der Waals surface area contributed by atoms with Gasteiger partial charge in [-0.15, -0.1) is 0 Å². The molecule has 2 N–H and O–H groups in total. The largest absolute Gasteiger partial charge is 0.505 e. The number of rotatable bonds is 4. The molecule has 3 rings (SSSR count). The highest BCUT2D eigenvalue weighted by Gasteiger charge is 2.30. The Labute approximate surface area is 159 Å². The number of nitrogens with zero attached hydrogens (tertiary/aromatic N) is 1. The standard InChI is InChI=1S/C19H12BF3N2O3/c20-16-8-7-15(26)17(25-16)18(27)24-12-4-2-6-14(10-12)28-13-5-1-3-11(9-13)19(21,22)23/h1-10,26H,(H,24,27). The van der Waals surface area contributed by atoms with Gasteiger partial charge in [-0.25, -0.2) is 0 Å². The van der Waals surface area contributed by atoms with Crippen LogP contribution in [0.1, 0.15) is 16.1 Å². The second kappa shape index (κ2) is 7.63. The molecule has 0 saturated carbocycles. The van der Waals surface area contributed by atoms with Crippen LogP contribution in [0.3, 0.4) is 0 Å². The highest BCUT2D eigenvalue weighted by Crippen LogP contribution is 2.33. The average molecular weight is 384 g/mol. The third-order valence-corrected chi connectivity index (χ3v) is 3.60. The van der Waals surface area contributed by atoms with Crippen LogP contribution in [0.5, 0.6) is 17.2 Å². The summed E-state index contributed by atoms with van der Waals surface area (Å²) in [6, 6.07) is 13.0. The van der Waals surface area contributed by atoms with E-state index in [0.29, 0.717) is 0 Å². The van der Waals surface area contributed by atoms with Gasteiger partial charge in [0.1, 0.15) is 25.1 Å². The normalized spacial score (nSPS) is 11.1. The first-order valence-electron chi connectivity index (χ1n) is 7.94. The number of carbonyl (C=O) groups excluding carboxylic acids is 1. The number of alkyl halides is 3. The number of carbonyl (C=O) groups is 1. The van der Waals surface area contributed by atoms with Gasteiger partial charge in [0.15, 0.2) is 5.69 Å². The number of ether oxygens (including phenoxy) is 1. The van der Waals surface area contributed by atoms with E-state index in [1.165, 1.54) is 36.4 Å². The maximum absolute atomic E-state index is 12.8. The Kier molecular flexibility index (Phi) is 5.26. The predicted octanol–water partition coefficient (Wildman–Crippen LogP) is 3.64. The van der Waals surface area contributed by atoms with E-state index in [9.17, 15) is 23.1 Å². The van der Waals surface area contributed by atoms with Crippen molar-refractivity contribution in [3.8, 4) is 17.2 Å². The van der Waals surface area contributed by atoms with Crippen molar-refractivity contribution in [3.63, 3.8) is 0 Å². The number of aromatic nitrogens is 1. The van der Waals surface area contributed by atoms with Crippen molar-refractivity contribution in [1.82, 2.24) is 4.98 Å². The Bertz CT molecular complexity index is 1030. The maximum Gasteiger partial charge on any atom is 0.416 e. The van der Waals surface area contributed by atoms with Crippen LogP contribution in [-0.2, 0) is 6.18 Å². The lowest BCUT2D eigenvalue weighted by Gasteiger charge is -2.11. The van der Waals surface area contributed by atoms with Crippen molar-refractivity contribution in [1.29, 1.82) is 0 Å². The second-order valence-corrected chi connectivity index (χ2v) is 5.71. The molecule has 2 radical (unpaired) electrons. The highest BCUT2D eigenvalue weighted by atomic mass is 19.4. The van der Waals surface area contributed by atoms with Crippen molar-refractivity contribution in [2.75, 3.05) is 5.32 Å². The predicted molar refractivity (Wildman–Crippen MR) is 97.2 cm³/mol. The number of benzene rings is 2. The molecule has 0 unspecified atom stereocenters. The van der Waals surface area contributed by atoms with Gasteiger partial charge in [0.25, 0.3) is 5.91 Å². The van der Waals surface area contributed by atoms with Gasteiger partial charge in [-0.1, -0.05) is 12.1 Å². The first-order valence-corrected chi connectivity index (χ1v) is 7.94. The van der Waals surface area contributed by atoms with Crippen molar-refractivity contribution >= 4 is 25.0 Å². The summed E-state index contributed by atoms with van der Waals surface area (Å²) in [6.45, 7) is 0. The smallest absolute Gasteiger partial charge is 0.416 e. The number of aromatic hydroxyl groups is 1. The molecule has 0 aliphatic rings. The van der Waals surface area contributed by atoms with Crippen molar-refractivity contribution in [2.45, 2.75) is 6.18 Å². The van der Waals surface area contributed by atoms with Crippen molar-refractivity contribution < 1.29 is 27.8 Å². The summed E-state index contributed by atoms with van der Waals surface area (Å²) in [5.41, 5.74) is -0.746. The van der Waals surface area contributed by atoms with E-state index in [2.05, 4.69) is 10.3 Å². The minimum Gasteiger partial charge on any atom is -0.505 e. The van der Waals surface area contributed by atoms with Crippen LogP contribution in [0.4, 0.5) is 18.9 Å². The molecule has 0 saturated heterocycles.